The highest BCUT2D eigenvalue weighted by Crippen LogP contribution is 2.25. The number of aromatic carboxylic acids is 1. The van der Waals surface area contributed by atoms with Crippen LogP contribution in [0.15, 0.2) is 18.2 Å². The molecule has 1 amide bonds. The highest BCUT2D eigenvalue weighted by atomic mass is 16.5. The zero-order chi connectivity index (χ0) is 15.4. The Bertz CT molecular complexity index is 538. The second-order valence-electron chi connectivity index (χ2n) is 4.63. The molecule has 0 spiro atoms. The van der Waals surface area contributed by atoms with Crippen molar-refractivity contribution in [3.8, 4) is 5.75 Å². The predicted octanol–water partition coefficient (Wildman–Crippen LogP) is 1.28. The van der Waals surface area contributed by atoms with Crippen LogP contribution in [0.25, 0.3) is 0 Å². The van der Waals surface area contributed by atoms with Crippen molar-refractivity contribution >= 4 is 17.7 Å². The third-order valence-corrected chi connectivity index (χ3v) is 3.49. The van der Waals surface area contributed by atoms with Gasteiger partial charge >= 0.3 is 12.1 Å². The van der Waals surface area contributed by atoms with E-state index in [0.717, 1.165) is 5.69 Å². The second kappa shape index (κ2) is 6.34. The summed E-state index contributed by atoms with van der Waals surface area (Å²) in [7, 11) is 2.80. The van der Waals surface area contributed by atoms with Crippen LogP contribution in [0.1, 0.15) is 10.4 Å². The van der Waals surface area contributed by atoms with Crippen LogP contribution in [0, 0.1) is 0 Å². The summed E-state index contributed by atoms with van der Waals surface area (Å²) >= 11 is 0. The summed E-state index contributed by atoms with van der Waals surface area (Å²) in [6.07, 6.45) is -0.337. The van der Waals surface area contributed by atoms with Crippen molar-refractivity contribution in [3.63, 3.8) is 0 Å². The van der Waals surface area contributed by atoms with Gasteiger partial charge in [0.15, 0.2) is 0 Å². The molecule has 114 valence electrons. The average Bonchev–Trinajstić information content (AvgIpc) is 2.53. The SMILES string of the molecule is COC(=O)N1CCN(c2ccc(OC)c(C(=O)O)c2)CC1. The number of hydrogen-bond donors (Lipinski definition) is 1. The van der Waals surface area contributed by atoms with Crippen molar-refractivity contribution in [3.05, 3.63) is 23.8 Å². The smallest absolute Gasteiger partial charge is 0.409 e. The molecule has 0 bridgehead atoms. The van der Waals surface area contributed by atoms with Crippen molar-refractivity contribution in [1.29, 1.82) is 0 Å². The standard InChI is InChI=1S/C14H18N2O5/c1-20-12-4-3-10(9-11(12)13(17)18)15-5-7-16(8-6-15)14(19)21-2/h3-4,9H,5-8H2,1-2H3,(H,17,18). The van der Waals surface area contributed by atoms with Crippen molar-refractivity contribution in [2.75, 3.05) is 45.3 Å². The van der Waals surface area contributed by atoms with Gasteiger partial charge in [-0.1, -0.05) is 0 Å². The number of methoxy groups -OCH3 is 2. The molecule has 1 N–H and O–H groups in total. The van der Waals surface area contributed by atoms with Crippen LogP contribution < -0.4 is 9.64 Å². The number of piperazine rings is 1. The number of carbonyl (C=O) groups excluding carboxylic acids is 1. The Morgan fingerprint density at radius 2 is 1.81 bits per heavy atom. The summed E-state index contributed by atoms with van der Waals surface area (Å²) in [6.45, 7) is 2.34. The monoisotopic (exact) mass is 294 g/mol. The molecule has 1 aromatic carbocycles. The van der Waals surface area contributed by atoms with Gasteiger partial charge in [0.2, 0.25) is 0 Å². The largest absolute Gasteiger partial charge is 0.496 e. The molecule has 7 heteroatoms. The first-order chi connectivity index (χ1) is 10.1. The first kappa shape index (κ1) is 15.0. The van der Waals surface area contributed by atoms with E-state index in [0.29, 0.717) is 31.9 Å². The summed E-state index contributed by atoms with van der Waals surface area (Å²) < 4.78 is 9.73. The molecule has 0 saturated carbocycles. The number of hydrogen-bond acceptors (Lipinski definition) is 5. The lowest BCUT2D eigenvalue weighted by Crippen LogP contribution is -2.48. The van der Waals surface area contributed by atoms with Crippen LogP contribution in [-0.2, 0) is 4.74 Å². The van der Waals surface area contributed by atoms with Gasteiger partial charge in [-0.05, 0) is 18.2 Å². The molecule has 1 heterocycles. The summed E-state index contributed by atoms with van der Waals surface area (Å²) in [4.78, 5) is 26.3. The van der Waals surface area contributed by atoms with E-state index in [2.05, 4.69) is 4.74 Å². The van der Waals surface area contributed by atoms with E-state index in [1.54, 1.807) is 17.0 Å². The topological polar surface area (TPSA) is 79.3 Å². The molecule has 0 aliphatic carbocycles. The Morgan fingerprint density at radius 3 is 2.33 bits per heavy atom. The predicted molar refractivity (Wildman–Crippen MR) is 76.1 cm³/mol. The fourth-order valence-corrected chi connectivity index (χ4v) is 2.34. The zero-order valence-corrected chi connectivity index (χ0v) is 12.0. The maximum absolute atomic E-state index is 11.4. The fourth-order valence-electron chi connectivity index (χ4n) is 2.34. The van der Waals surface area contributed by atoms with Crippen molar-refractivity contribution < 1.29 is 24.2 Å². The van der Waals surface area contributed by atoms with Gasteiger partial charge in [0, 0.05) is 31.9 Å². The molecular formula is C14H18N2O5. The maximum Gasteiger partial charge on any atom is 0.409 e. The third kappa shape index (κ3) is 3.18. The van der Waals surface area contributed by atoms with Gasteiger partial charge in [-0.2, -0.15) is 0 Å². The number of carboxylic acids is 1. The molecule has 1 aliphatic rings. The van der Waals surface area contributed by atoms with Crippen LogP contribution >= 0.6 is 0 Å². The molecule has 0 unspecified atom stereocenters. The first-order valence-electron chi connectivity index (χ1n) is 6.56. The number of nitrogens with zero attached hydrogens (tertiary/aromatic N) is 2. The summed E-state index contributed by atoms with van der Waals surface area (Å²) in [5.74, 6) is -0.693. The number of benzene rings is 1. The lowest BCUT2D eigenvalue weighted by atomic mass is 10.1. The highest BCUT2D eigenvalue weighted by molar-refractivity contribution is 5.92. The van der Waals surface area contributed by atoms with Gasteiger partial charge in [-0.25, -0.2) is 9.59 Å². The number of rotatable bonds is 3. The van der Waals surface area contributed by atoms with Gasteiger partial charge in [0.05, 0.1) is 14.2 Å². The van der Waals surface area contributed by atoms with Gasteiger partial charge in [0.25, 0.3) is 0 Å². The molecule has 1 fully saturated rings. The van der Waals surface area contributed by atoms with Crippen LogP contribution in [0.5, 0.6) is 5.75 Å². The molecule has 1 aromatic rings. The van der Waals surface area contributed by atoms with Gasteiger partial charge in [0.1, 0.15) is 11.3 Å². The lowest BCUT2D eigenvalue weighted by molar-refractivity contribution is 0.0693. The number of ether oxygens (including phenoxy) is 2. The van der Waals surface area contributed by atoms with E-state index in [1.165, 1.54) is 14.2 Å². The van der Waals surface area contributed by atoms with Crippen molar-refractivity contribution in [1.82, 2.24) is 4.90 Å². The molecule has 2 rings (SSSR count). The van der Waals surface area contributed by atoms with E-state index in [-0.39, 0.29) is 11.7 Å². The normalized spacial score (nSPS) is 14.8. The Balaban J connectivity index is 2.12. The lowest BCUT2D eigenvalue weighted by Gasteiger charge is -2.35. The van der Waals surface area contributed by atoms with Crippen LogP contribution in [0.4, 0.5) is 10.5 Å². The van der Waals surface area contributed by atoms with Gasteiger partial charge < -0.3 is 24.4 Å². The van der Waals surface area contributed by atoms with E-state index >= 15 is 0 Å². The quantitative estimate of drug-likeness (QED) is 0.904. The molecular weight excluding hydrogens is 276 g/mol. The molecule has 21 heavy (non-hydrogen) atoms. The Kier molecular flexibility index (Phi) is 4.52. The highest BCUT2D eigenvalue weighted by Gasteiger charge is 2.22. The number of carboxylic acid groups (broad SMARTS) is 1. The van der Waals surface area contributed by atoms with Crippen LogP contribution in [0.3, 0.4) is 0 Å². The Morgan fingerprint density at radius 1 is 1.14 bits per heavy atom. The van der Waals surface area contributed by atoms with Crippen molar-refractivity contribution in [2.24, 2.45) is 0 Å². The fraction of sp³-hybridized carbons (Fsp3) is 0.429. The first-order valence-corrected chi connectivity index (χ1v) is 6.56. The summed E-state index contributed by atoms with van der Waals surface area (Å²) in [6, 6.07) is 5.06. The molecule has 1 saturated heterocycles. The summed E-state index contributed by atoms with van der Waals surface area (Å²) in [5, 5.41) is 9.20. The van der Waals surface area contributed by atoms with E-state index in [9.17, 15) is 14.7 Å². The molecule has 0 atom stereocenters. The Hall–Kier alpha value is -2.44. The van der Waals surface area contributed by atoms with E-state index in [1.807, 2.05) is 11.0 Å². The number of anilines is 1. The second-order valence-corrected chi connectivity index (χ2v) is 4.63. The van der Waals surface area contributed by atoms with Crippen LogP contribution in [0.2, 0.25) is 0 Å². The van der Waals surface area contributed by atoms with Gasteiger partial charge in [-0.15, -0.1) is 0 Å². The minimum Gasteiger partial charge on any atom is -0.496 e. The number of amides is 1. The minimum atomic E-state index is -1.03. The zero-order valence-electron chi connectivity index (χ0n) is 12.0. The molecule has 7 nitrogen and oxygen atoms in total. The summed E-state index contributed by atoms with van der Waals surface area (Å²) in [5.41, 5.74) is 0.933. The third-order valence-electron chi connectivity index (χ3n) is 3.49. The number of carbonyl (C=O) groups is 2. The van der Waals surface area contributed by atoms with Gasteiger partial charge in [-0.3, -0.25) is 0 Å². The molecule has 1 aliphatic heterocycles. The van der Waals surface area contributed by atoms with Crippen LogP contribution in [-0.4, -0.2) is 62.5 Å². The van der Waals surface area contributed by atoms with E-state index < -0.39 is 5.97 Å². The van der Waals surface area contributed by atoms with E-state index in [4.69, 9.17) is 4.74 Å². The molecule has 0 radical (unpaired) electrons. The average molecular weight is 294 g/mol. The van der Waals surface area contributed by atoms with Crippen molar-refractivity contribution in [2.45, 2.75) is 0 Å². The Labute approximate surface area is 122 Å². The molecule has 0 aromatic heterocycles. The minimum absolute atomic E-state index is 0.130. The maximum atomic E-state index is 11.4.